The number of pyridine rings is 1. The fourth-order valence-electron chi connectivity index (χ4n) is 4.19. The topological polar surface area (TPSA) is 114 Å². The molecule has 2 aromatic rings. The van der Waals surface area contributed by atoms with Gasteiger partial charge in [0.25, 0.3) is 5.56 Å². The Hall–Kier alpha value is -2.21. The number of carbonyl (C=O) groups excluding carboxylic acids is 1. The van der Waals surface area contributed by atoms with Gasteiger partial charge in [-0.25, -0.2) is 13.6 Å². The third kappa shape index (κ3) is 5.00. The Labute approximate surface area is 189 Å². The number of hydrogen-bond acceptors (Lipinski definition) is 6. The van der Waals surface area contributed by atoms with Crippen molar-refractivity contribution in [3.05, 3.63) is 58.5 Å². The normalized spacial score (nSPS) is 20.1. The average Bonchev–Trinajstić information content (AvgIpc) is 2.72. The Morgan fingerprint density at radius 2 is 1.90 bits per heavy atom. The van der Waals surface area contributed by atoms with Crippen LogP contribution < -0.4 is 16.0 Å². The van der Waals surface area contributed by atoms with E-state index < -0.39 is 10.0 Å². The van der Waals surface area contributed by atoms with Crippen LogP contribution in [0.1, 0.15) is 18.0 Å². The highest BCUT2D eigenvalue weighted by molar-refractivity contribution is 8.23. The second-order valence-corrected chi connectivity index (χ2v) is 10.9. The Balaban J connectivity index is 1.32. The monoisotopic (exact) mass is 478 g/mol. The first-order valence-electron chi connectivity index (χ1n) is 9.75. The molecule has 2 aliphatic heterocycles. The summed E-state index contributed by atoms with van der Waals surface area (Å²) in [7, 11) is -3.77. The first-order valence-corrected chi connectivity index (χ1v) is 12.7. The van der Waals surface area contributed by atoms with E-state index in [0.717, 1.165) is 25.2 Å². The minimum Gasteiger partial charge on any atom is -0.356 e. The number of carbonyl (C=O) groups is 1. The molecule has 0 unspecified atom stereocenters. The smallest absolute Gasteiger partial charge is 0.250 e. The van der Waals surface area contributed by atoms with Crippen LogP contribution in [0.3, 0.4) is 0 Å². The fourth-order valence-corrected chi connectivity index (χ4v) is 5.69. The molecule has 1 aromatic carbocycles. The molecular formula is C20H22N4O4S3. The van der Waals surface area contributed by atoms with Gasteiger partial charge in [-0.15, -0.1) is 0 Å². The van der Waals surface area contributed by atoms with Crippen LogP contribution in [0, 0.1) is 5.92 Å². The molecule has 2 aliphatic rings. The molecule has 1 aromatic heterocycles. The number of hydrogen-bond donors (Lipinski definition) is 2. The minimum absolute atomic E-state index is 0.0134. The molecule has 3 N–H and O–H groups in total. The van der Waals surface area contributed by atoms with E-state index in [1.165, 1.54) is 36.0 Å². The highest BCUT2D eigenvalue weighted by Gasteiger charge is 2.35. The van der Waals surface area contributed by atoms with Gasteiger partial charge in [0, 0.05) is 43.0 Å². The summed E-state index contributed by atoms with van der Waals surface area (Å²) < 4.78 is 25.1. The van der Waals surface area contributed by atoms with Crippen LogP contribution in [0.25, 0.3) is 0 Å². The lowest BCUT2D eigenvalue weighted by atomic mass is 9.83. The molecule has 1 amide bonds. The number of amides is 1. The number of thiocarbonyl (C=S) groups is 1. The van der Waals surface area contributed by atoms with Gasteiger partial charge in [-0.1, -0.05) is 30.0 Å². The SMILES string of the molecule is NS(=O)(=O)c1ccc(NC(=O)CSC(=S)N2C[C@@H]3C[C@H](C2)c2cccc(=O)n2C3)cc1. The third-order valence-electron chi connectivity index (χ3n) is 5.53. The van der Waals surface area contributed by atoms with Crippen molar-refractivity contribution < 1.29 is 13.2 Å². The van der Waals surface area contributed by atoms with Gasteiger partial charge in [-0.2, -0.15) is 0 Å². The number of sulfonamides is 1. The predicted molar refractivity (Wildman–Crippen MR) is 125 cm³/mol. The quantitative estimate of drug-likeness (QED) is 0.641. The summed E-state index contributed by atoms with van der Waals surface area (Å²) in [5.41, 5.74) is 1.59. The van der Waals surface area contributed by atoms with E-state index in [2.05, 4.69) is 10.2 Å². The van der Waals surface area contributed by atoms with Crippen LogP contribution in [0.5, 0.6) is 0 Å². The van der Waals surface area contributed by atoms with Crippen molar-refractivity contribution in [2.24, 2.45) is 11.1 Å². The molecule has 0 spiro atoms. The van der Waals surface area contributed by atoms with Crippen LogP contribution in [-0.2, 0) is 21.4 Å². The molecule has 0 saturated carbocycles. The van der Waals surface area contributed by atoms with Crippen LogP contribution in [0.4, 0.5) is 5.69 Å². The van der Waals surface area contributed by atoms with E-state index in [4.69, 9.17) is 17.4 Å². The van der Waals surface area contributed by atoms with Crippen molar-refractivity contribution in [1.29, 1.82) is 0 Å². The van der Waals surface area contributed by atoms with E-state index in [1.54, 1.807) is 12.1 Å². The number of fused-ring (bicyclic) bond motifs is 4. The summed E-state index contributed by atoms with van der Waals surface area (Å²) in [4.78, 5) is 26.6. The van der Waals surface area contributed by atoms with Gasteiger partial charge in [0.2, 0.25) is 15.9 Å². The summed E-state index contributed by atoms with van der Waals surface area (Å²) in [5, 5.41) is 7.80. The van der Waals surface area contributed by atoms with E-state index in [0.29, 0.717) is 22.5 Å². The standard InChI is InChI=1S/C20H22N4O4S3/c21-31(27,28)16-6-4-15(5-7-16)22-18(25)12-30-20(29)23-9-13-8-14(11-23)17-2-1-3-19(26)24(17)10-13/h1-7,13-14H,8-12H2,(H,22,25)(H2,21,27,28)/t13-,14+/m0/s1. The number of thioether (sulfide) groups is 1. The van der Waals surface area contributed by atoms with E-state index in [9.17, 15) is 18.0 Å². The molecule has 3 heterocycles. The molecule has 2 atom stereocenters. The maximum atomic E-state index is 12.3. The molecular weight excluding hydrogens is 456 g/mol. The van der Waals surface area contributed by atoms with Crippen molar-refractivity contribution in [3.8, 4) is 0 Å². The molecule has 1 saturated heterocycles. The maximum absolute atomic E-state index is 12.3. The fraction of sp³-hybridized carbons (Fsp3) is 0.350. The summed E-state index contributed by atoms with van der Waals surface area (Å²) in [6.45, 7) is 2.21. The molecule has 4 rings (SSSR count). The number of anilines is 1. The lowest BCUT2D eigenvalue weighted by Crippen LogP contribution is -2.48. The van der Waals surface area contributed by atoms with Crippen LogP contribution >= 0.6 is 24.0 Å². The second kappa shape index (κ2) is 8.73. The van der Waals surface area contributed by atoms with E-state index in [-0.39, 0.29) is 28.0 Å². The molecule has 11 heteroatoms. The summed E-state index contributed by atoms with van der Waals surface area (Å²) in [5.74, 6) is 0.532. The Bertz CT molecular complexity index is 1180. The van der Waals surface area contributed by atoms with Gasteiger partial charge in [-0.3, -0.25) is 9.59 Å². The maximum Gasteiger partial charge on any atom is 0.250 e. The molecule has 164 valence electrons. The van der Waals surface area contributed by atoms with Crippen LogP contribution in [-0.4, -0.2) is 47.0 Å². The molecule has 31 heavy (non-hydrogen) atoms. The van der Waals surface area contributed by atoms with Gasteiger partial charge in [0.1, 0.15) is 4.32 Å². The highest BCUT2D eigenvalue weighted by Crippen LogP contribution is 2.36. The zero-order chi connectivity index (χ0) is 22.2. The zero-order valence-corrected chi connectivity index (χ0v) is 19.0. The third-order valence-corrected chi connectivity index (χ3v) is 7.98. The Kier molecular flexibility index (Phi) is 6.20. The number of aromatic nitrogens is 1. The summed E-state index contributed by atoms with van der Waals surface area (Å²) in [6, 6.07) is 11.1. The van der Waals surface area contributed by atoms with Crippen molar-refractivity contribution in [3.63, 3.8) is 0 Å². The summed E-state index contributed by atoms with van der Waals surface area (Å²) >= 11 is 6.88. The van der Waals surface area contributed by atoms with Crippen molar-refractivity contribution >= 4 is 49.9 Å². The van der Waals surface area contributed by atoms with Crippen molar-refractivity contribution in [1.82, 2.24) is 9.47 Å². The Morgan fingerprint density at radius 1 is 1.16 bits per heavy atom. The molecule has 0 aliphatic carbocycles. The summed E-state index contributed by atoms with van der Waals surface area (Å²) in [6.07, 6.45) is 1.04. The van der Waals surface area contributed by atoms with Gasteiger partial charge in [-0.05, 0) is 42.7 Å². The zero-order valence-electron chi connectivity index (χ0n) is 16.6. The molecule has 1 fully saturated rings. The van der Waals surface area contributed by atoms with Gasteiger partial charge in [0.05, 0.1) is 10.6 Å². The van der Waals surface area contributed by atoms with Gasteiger partial charge >= 0.3 is 0 Å². The number of benzene rings is 1. The average molecular weight is 479 g/mol. The van der Waals surface area contributed by atoms with E-state index >= 15 is 0 Å². The largest absolute Gasteiger partial charge is 0.356 e. The lowest BCUT2D eigenvalue weighted by Gasteiger charge is -2.43. The van der Waals surface area contributed by atoms with Gasteiger partial charge in [0.15, 0.2) is 0 Å². The molecule has 0 radical (unpaired) electrons. The van der Waals surface area contributed by atoms with E-state index in [1.807, 2.05) is 10.6 Å². The van der Waals surface area contributed by atoms with Crippen LogP contribution in [0.2, 0.25) is 0 Å². The number of primary sulfonamides is 1. The lowest BCUT2D eigenvalue weighted by molar-refractivity contribution is -0.113. The number of piperidine rings is 1. The van der Waals surface area contributed by atoms with Crippen LogP contribution in [0.15, 0.2) is 52.2 Å². The van der Waals surface area contributed by atoms with Crippen molar-refractivity contribution in [2.75, 3.05) is 24.2 Å². The molecule has 2 bridgehead atoms. The van der Waals surface area contributed by atoms with Gasteiger partial charge < -0.3 is 14.8 Å². The second-order valence-electron chi connectivity index (χ2n) is 7.78. The first kappa shape index (κ1) is 22.0. The number of nitrogens with one attached hydrogen (secondary N) is 1. The predicted octanol–water partition coefficient (Wildman–Crippen LogP) is 1.57. The highest BCUT2D eigenvalue weighted by atomic mass is 32.2. The Morgan fingerprint density at radius 3 is 2.61 bits per heavy atom. The first-order chi connectivity index (χ1) is 14.7. The molecule has 8 nitrogen and oxygen atoms in total. The van der Waals surface area contributed by atoms with Crippen molar-refractivity contribution in [2.45, 2.75) is 23.8 Å². The number of nitrogens with two attached hydrogens (primary N) is 1. The number of rotatable bonds is 4. The minimum atomic E-state index is -3.77. The number of likely N-dealkylation sites (tertiary alicyclic amines) is 1. The number of nitrogens with zero attached hydrogens (tertiary/aromatic N) is 2.